The van der Waals surface area contributed by atoms with E-state index < -0.39 is 5.97 Å². The Labute approximate surface area is 114 Å². The van der Waals surface area contributed by atoms with Gasteiger partial charge in [0.25, 0.3) is 0 Å². The fourth-order valence-electron chi connectivity index (χ4n) is 3.68. The summed E-state index contributed by atoms with van der Waals surface area (Å²) in [7, 11) is 0. The standard InChI is InChI=1S/C16H21NO2/c18-15(19)10-13-6-2-3-7-14(13)17-11-16(12-17)8-4-1-5-9-16/h2-3,6-7H,1,4-5,8-12H2,(H,18,19). The summed E-state index contributed by atoms with van der Waals surface area (Å²) in [6.07, 6.45) is 6.95. The number of para-hydroxylation sites is 1. The maximum Gasteiger partial charge on any atom is 0.307 e. The van der Waals surface area contributed by atoms with E-state index in [1.807, 2.05) is 18.2 Å². The average molecular weight is 259 g/mol. The van der Waals surface area contributed by atoms with Crippen molar-refractivity contribution in [3.63, 3.8) is 0 Å². The second-order valence-corrected chi connectivity index (χ2v) is 6.12. The second-order valence-electron chi connectivity index (χ2n) is 6.12. The van der Waals surface area contributed by atoms with Gasteiger partial charge in [-0.3, -0.25) is 4.79 Å². The molecule has 2 aliphatic rings. The monoisotopic (exact) mass is 259 g/mol. The molecule has 0 aromatic heterocycles. The van der Waals surface area contributed by atoms with Gasteiger partial charge >= 0.3 is 5.97 Å². The Morgan fingerprint density at radius 3 is 2.53 bits per heavy atom. The number of carboxylic acid groups (broad SMARTS) is 1. The molecule has 1 aromatic carbocycles. The normalized spacial score (nSPS) is 21.2. The molecule has 1 aromatic rings. The molecule has 102 valence electrons. The average Bonchev–Trinajstić information content (AvgIpc) is 2.37. The molecule has 3 heteroatoms. The van der Waals surface area contributed by atoms with E-state index in [0.29, 0.717) is 5.41 Å². The predicted octanol–water partition coefficient (Wildman–Crippen LogP) is 3.08. The van der Waals surface area contributed by atoms with E-state index in [1.165, 1.54) is 32.1 Å². The highest BCUT2D eigenvalue weighted by molar-refractivity contribution is 5.74. The van der Waals surface area contributed by atoms with Gasteiger partial charge in [0.2, 0.25) is 0 Å². The molecule has 19 heavy (non-hydrogen) atoms. The van der Waals surface area contributed by atoms with Crippen LogP contribution in [0.5, 0.6) is 0 Å². The molecule has 1 saturated carbocycles. The van der Waals surface area contributed by atoms with Crippen molar-refractivity contribution in [2.45, 2.75) is 38.5 Å². The van der Waals surface area contributed by atoms with Gasteiger partial charge in [-0.1, -0.05) is 37.5 Å². The molecule has 1 saturated heterocycles. The molecular weight excluding hydrogens is 238 g/mol. The molecule has 1 spiro atoms. The molecule has 0 radical (unpaired) electrons. The van der Waals surface area contributed by atoms with Crippen molar-refractivity contribution in [2.24, 2.45) is 5.41 Å². The zero-order valence-corrected chi connectivity index (χ0v) is 11.3. The lowest BCUT2D eigenvalue weighted by molar-refractivity contribution is -0.136. The quantitative estimate of drug-likeness (QED) is 0.906. The van der Waals surface area contributed by atoms with Crippen LogP contribution in [-0.4, -0.2) is 24.2 Å². The van der Waals surface area contributed by atoms with Crippen LogP contribution in [0.3, 0.4) is 0 Å². The van der Waals surface area contributed by atoms with Crippen molar-refractivity contribution in [1.29, 1.82) is 0 Å². The Morgan fingerprint density at radius 1 is 1.16 bits per heavy atom. The van der Waals surface area contributed by atoms with Gasteiger partial charge in [0.1, 0.15) is 0 Å². The van der Waals surface area contributed by atoms with Gasteiger partial charge < -0.3 is 10.0 Å². The van der Waals surface area contributed by atoms with Crippen LogP contribution in [0.4, 0.5) is 5.69 Å². The fraction of sp³-hybridized carbons (Fsp3) is 0.562. The van der Waals surface area contributed by atoms with Crippen LogP contribution in [-0.2, 0) is 11.2 Å². The molecule has 1 aliphatic carbocycles. The van der Waals surface area contributed by atoms with Crippen molar-refractivity contribution < 1.29 is 9.90 Å². The van der Waals surface area contributed by atoms with Crippen molar-refractivity contribution in [2.75, 3.05) is 18.0 Å². The molecule has 1 N–H and O–H groups in total. The van der Waals surface area contributed by atoms with Crippen LogP contribution in [0.25, 0.3) is 0 Å². The van der Waals surface area contributed by atoms with Gasteiger partial charge in [-0.2, -0.15) is 0 Å². The van der Waals surface area contributed by atoms with Crippen molar-refractivity contribution in [1.82, 2.24) is 0 Å². The largest absolute Gasteiger partial charge is 0.481 e. The lowest BCUT2D eigenvalue weighted by Gasteiger charge is -2.54. The molecule has 0 unspecified atom stereocenters. The Kier molecular flexibility index (Phi) is 3.21. The Hall–Kier alpha value is -1.51. The maximum atomic E-state index is 10.9. The number of rotatable bonds is 3. The van der Waals surface area contributed by atoms with Crippen LogP contribution in [0.15, 0.2) is 24.3 Å². The first-order chi connectivity index (χ1) is 9.19. The van der Waals surface area contributed by atoms with Gasteiger partial charge in [0.15, 0.2) is 0 Å². The number of carbonyl (C=O) groups is 1. The number of nitrogens with zero attached hydrogens (tertiary/aromatic N) is 1. The molecule has 0 atom stereocenters. The third-order valence-electron chi connectivity index (χ3n) is 4.64. The van der Waals surface area contributed by atoms with Gasteiger partial charge in [-0.25, -0.2) is 0 Å². The van der Waals surface area contributed by atoms with Crippen molar-refractivity contribution in [3.8, 4) is 0 Å². The van der Waals surface area contributed by atoms with Gasteiger partial charge in [0, 0.05) is 24.2 Å². The molecule has 3 rings (SSSR count). The van der Waals surface area contributed by atoms with Crippen molar-refractivity contribution in [3.05, 3.63) is 29.8 Å². The van der Waals surface area contributed by atoms with E-state index in [4.69, 9.17) is 5.11 Å². The lowest BCUT2D eigenvalue weighted by atomic mass is 9.68. The highest BCUT2D eigenvalue weighted by atomic mass is 16.4. The maximum absolute atomic E-state index is 10.9. The minimum absolute atomic E-state index is 0.125. The number of hydrogen-bond donors (Lipinski definition) is 1. The number of anilines is 1. The third-order valence-corrected chi connectivity index (χ3v) is 4.64. The van der Waals surface area contributed by atoms with Crippen LogP contribution in [0.2, 0.25) is 0 Å². The first-order valence-electron chi connectivity index (χ1n) is 7.23. The summed E-state index contributed by atoms with van der Waals surface area (Å²) in [5, 5.41) is 8.99. The van der Waals surface area contributed by atoms with E-state index in [-0.39, 0.29) is 6.42 Å². The zero-order valence-electron chi connectivity index (χ0n) is 11.3. The number of carboxylic acids is 1. The van der Waals surface area contributed by atoms with Crippen molar-refractivity contribution >= 4 is 11.7 Å². The molecular formula is C16H21NO2. The summed E-state index contributed by atoms with van der Waals surface area (Å²) in [6.45, 7) is 2.23. The number of aliphatic carboxylic acids is 1. The molecule has 2 fully saturated rings. The summed E-state index contributed by atoms with van der Waals surface area (Å²) in [5.41, 5.74) is 2.61. The predicted molar refractivity (Wildman–Crippen MR) is 75.5 cm³/mol. The minimum Gasteiger partial charge on any atom is -0.481 e. The topological polar surface area (TPSA) is 40.5 Å². The van der Waals surface area contributed by atoms with E-state index >= 15 is 0 Å². The zero-order chi connectivity index (χ0) is 13.3. The second kappa shape index (κ2) is 4.87. The van der Waals surface area contributed by atoms with Gasteiger partial charge in [-0.15, -0.1) is 0 Å². The summed E-state index contributed by atoms with van der Waals surface area (Å²) in [4.78, 5) is 13.3. The van der Waals surface area contributed by atoms with Crippen LogP contribution in [0.1, 0.15) is 37.7 Å². The smallest absolute Gasteiger partial charge is 0.307 e. The van der Waals surface area contributed by atoms with Crippen LogP contribution in [0, 0.1) is 5.41 Å². The summed E-state index contributed by atoms with van der Waals surface area (Å²) in [5.74, 6) is -0.750. The van der Waals surface area contributed by atoms with E-state index in [9.17, 15) is 4.79 Å². The molecule has 3 nitrogen and oxygen atoms in total. The van der Waals surface area contributed by atoms with Gasteiger partial charge in [-0.05, 0) is 24.5 Å². The van der Waals surface area contributed by atoms with E-state index in [2.05, 4.69) is 11.0 Å². The van der Waals surface area contributed by atoms with E-state index in [0.717, 1.165) is 24.3 Å². The molecule has 0 amide bonds. The molecule has 0 bridgehead atoms. The number of hydrogen-bond acceptors (Lipinski definition) is 2. The Morgan fingerprint density at radius 2 is 1.84 bits per heavy atom. The SMILES string of the molecule is O=C(O)Cc1ccccc1N1CC2(CCCCC2)C1. The highest BCUT2D eigenvalue weighted by Crippen LogP contribution is 2.46. The van der Waals surface area contributed by atoms with Crippen LogP contribution >= 0.6 is 0 Å². The molecule has 1 aliphatic heterocycles. The summed E-state index contributed by atoms with van der Waals surface area (Å²) in [6, 6.07) is 7.94. The molecule has 1 heterocycles. The summed E-state index contributed by atoms with van der Waals surface area (Å²) >= 11 is 0. The Balaban J connectivity index is 1.72. The lowest BCUT2D eigenvalue weighted by Crippen LogP contribution is -2.57. The van der Waals surface area contributed by atoms with E-state index in [1.54, 1.807) is 0 Å². The fourth-order valence-corrected chi connectivity index (χ4v) is 3.68. The Bertz CT molecular complexity index is 469. The van der Waals surface area contributed by atoms with Crippen LogP contribution < -0.4 is 4.90 Å². The third kappa shape index (κ3) is 2.46. The number of benzene rings is 1. The first kappa shape index (κ1) is 12.5. The van der Waals surface area contributed by atoms with Gasteiger partial charge in [0.05, 0.1) is 6.42 Å². The minimum atomic E-state index is -0.750. The summed E-state index contributed by atoms with van der Waals surface area (Å²) < 4.78 is 0. The highest BCUT2D eigenvalue weighted by Gasteiger charge is 2.43. The first-order valence-corrected chi connectivity index (χ1v) is 7.23.